The minimum absolute atomic E-state index is 0.220. The summed E-state index contributed by atoms with van der Waals surface area (Å²) in [7, 11) is 0. The van der Waals surface area contributed by atoms with Crippen molar-refractivity contribution in [1.29, 1.82) is 5.26 Å². The van der Waals surface area contributed by atoms with E-state index in [9.17, 15) is 4.79 Å². The van der Waals surface area contributed by atoms with Crippen LogP contribution in [-0.4, -0.2) is 11.9 Å². The second kappa shape index (κ2) is 4.98. The summed E-state index contributed by atoms with van der Waals surface area (Å²) in [5, 5.41) is 11.4. The number of anilines is 1. The highest BCUT2D eigenvalue weighted by atomic mass is 16.2. The van der Waals surface area contributed by atoms with Crippen molar-refractivity contribution in [2.45, 2.75) is 26.8 Å². The number of nitriles is 1. The molecule has 0 aliphatic rings. The molecule has 3 N–H and O–H groups in total. The van der Waals surface area contributed by atoms with Crippen molar-refractivity contribution in [3.8, 4) is 6.07 Å². The standard InChI is InChI=1S/C13H17N3O/c1-13(2,3)11(15)12(17)16-10-6-4-9(8-14)5-7-10/h4-7,11H,15H2,1-3H3,(H,16,17)/t11-/m1/s1. The van der Waals surface area contributed by atoms with Gasteiger partial charge in [-0.05, 0) is 29.7 Å². The van der Waals surface area contributed by atoms with Gasteiger partial charge in [0.05, 0.1) is 17.7 Å². The second-order valence-corrected chi connectivity index (χ2v) is 5.02. The van der Waals surface area contributed by atoms with E-state index in [1.807, 2.05) is 26.8 Å². The van der Waals surface area contributed by atoms with Crippen molar-refractivity contribution in [2.24, 2.45) is 11.1 Å². The quantitative estimate of drug-likeness (QED) is 0.815. The summed E-state index contributed by atoms with van der Waals surface area (Å²) in [5.74, 6) is -0.220. The number of benzene rings is 1. The predicted octanol–water partition coefficient (Wildman–Crippen LogP) is 1.87. The van der Waals surface area contributed by atoms with Gasteiger partial charge in [-0.1, -0.05) is 20.8 Å². The first-order valence-electron chi connectivity index (χ1n) is 5.41. The number of amides is 1. The van der Waals surface area contributed by atoms with Crippen LogP contribution in [0.15, 0.2) is 24.3 Å². The van der Waals surface area contributed by atoms with Crippen LogP contribution in [0.3, 0.4) is 0 Å². The maximum absolute atomic E-state index is 11.8. The van der Waals surface area contributed by atoms with Gasteiger partial charge in [-0.25, -0.2) is 0 Å². The van der Waals surface area contributed by atoms with Crippen LogP contribution in [0.5, 0.6) is 0 Å². The highest BCUT2D eigenvalue weighted by Gasteiger charge is 2.27. The minimum Gasteiger partial charge on any atom is -0.325 e. The third-order valence-corrected chi connectivity index (χ3v) is 2.50. The molecule has 17 heavy (non-hydrogen) atoms. The zero-order chi connectivity index (χ0) is 13.1. The topological polar surface area (TPSA) is 78.9 Å². The smallest absolute Gasteiger partial charge is 0.241 e. The first-order valence-corrected chi connectivity index (χ1v) is 5.41. The first kappa shape index (κ1) is 13.2. The Morgan fingerprint density at radius 2 is 1.88 bits per heavy atom. The van der Waals surface area contributed by atoms with Crippen molar-refractivity contribution in [2.75, 3.05) is 5.32 Å². The summed E-state index contributed by atoms with van der Waals surface area (Å²) < 4.78 is 0. The summed E-state index contributed by atoms with van der Waals surface area (Å²) >= 11 is 0. The van der Waals surface area contributed by atoms with Crippen LogP contribution in [0.4, 0.5) is 5.69 Å². The number of hydrogen-bond donors (Lipinski definition) is 2. The molecule has 0 unspecified atom stereocenters. The van der Waals surface area contributed by atoms with Crippen LogP contribution in [0.1, 0.15) is 26.3 Å². The molecule has 0 aromatic heterocycles. The van der Waals surface area contributed by atoms with Crippen LogP contribution in [0.2, 0.25) is 0 Å². The second-order valence-electron chi connectivity index (χ2n) is 5.02. The zero-order valence-corrected chi connectivity index (χ0v) is 10.3. The van der Waals surface area contributed by atoms with Gasteiger partial charge in [-0.3, -0.25) is 4.79 Å². The van der Waals surface area contributed by atoms with E-state index in [2.05, 4.69) is 5.32 Å². The fourth-order valence-corrected chi connectivity index (χ4v) is 1.24. The minimum atomic E-state index is -0.571. The molecule has 0 saturated carbocycles. The SMILES string of the molecule is CC(C)(C)[C@H](N)C(=O)Nc1ccc(C#N)cc1. The molecule has 1 aromatic carbocycles. The molecule has 0 saturated heterocycles. The number of nitrogens with one attached hydrogen (secondary N) is 1. The van der Waals surface area contributed by atoms with Crippen molar-refractivity contribution in [3.05, 3.63) is 29.8 Å². The monoisotopic (exact) mass is 231 g/mol. The van der Waals surface area contributed by atoms with E-state index >= 15 is 0 Å². The fourth-order valence-electron chi connectivity index (χ4n) is 1.24. The summed E-state index contributed by atoms with van der Waals surface area (Å²) in [5.41, 5.74) is 6.76. The lowest BCUT2D eigenvalue weighted by atomic mass is 9.87. The molecule has 0 spiro atoms. The zero-order valence-electron chi connectivity index (χ0n) is 10.3. The van der Waals surface area contributed by atoms with Gasteiger partial charge in [0, 0.05) is 5.69 Å². The highest BCUT2D eigenvalue weighted by molar-refractivity contribution is 5.95. The Morgan fingerprint density at radius 1 is 1.35 bits per heavy atom. The lowest BCUT2D eigenvalue weighted by Crippen LogP contribution is -2.45. The molecule has 0 aliphatic carbocycles. The van der Waals surface area contributed by atoms with Gasteiger partial charge < -0.3 is 11.1 Å². The van der Waals surface area contributed by atoms with Gasteiger partial charge >= 0.3 is 0 Å². The molecule has 1 aromatic rings. The van der Waals surface area contributed by atoms with Crippen molar-refractivity contribution in [1.82, 2.24) is 0 Å². The van der Waals surface area contributed by atoms with Gasteiger partial charge in [0.25, 0.3) is 0 Å². The Hall–Kier alpha value is -1.86. The van der Waals surface area contributed by atoms with Gasteiger partial charge in [-0.2, -0.15) is 5.26 Å². The van der Waals surface area contributed by atoms with Gasteiger partial charge in [-0.15, -0.1) is 0 Å². The van der Waals surface area contributed by atoms with Crippen molar-refractivity contribution in [3.63, 3.8) is 0 Å². The van der Waals surface area contributed by atoms with Crippen molar-refractivity contribution < 1.29 is 4.79 Å². The molecule has 0 bridgehead atoms. The lowest BCUT2D eigenvalue weighted by molar-refractivity contribution is -0.119. The largest absolute Gasteiger partial charge is 0.325 e. The molecule has 1 amide bonds. The number of hydrogen-bond acceptors (Lipinski definition) is 3. The Balaban J connectivity index is 2.72. The van der Waals surface area contributed by atoms with Crippen LogP contribution in [-0.2, 0) is 4.79 Å². The van der Waals surface area contributed by atoms with Crippen molar-refractivity contribution >= 4 is 11.6 Å². The van der Waals surface area contributed by atoms with E-state index in [-0.39, 0.29) is 11.3 Å². The third kappa shape index (κ3) is 3.58. The summed E-state index contributed by atoms with van der Waals surface area (Å²) in [6.45, 7) is 5.74. The molecule has 0 radical (unpaired) electrons. The number of carbonyl (C=O) groups is 1. The Morgan fingerprint density at radius 3 is 2.29 bits per heavy atom. The maximum atomic E-state index is 11.8. The molecule has 0 aliphatic heterocycles. The lowest BCUT2D eigenvalue weighted by Gasteiger charge is -2.25. The molecular weight excluding hydrogens is 214 g/mol. The van der Waals surface area contributed by atoms with Crippen LogP contribution in [0, 0.1) is 16.7 Å². The van der Waals surface area contributed by atoms with E-state index in [1.54, 1.807) is 24.3 Å². The summed E-state index contributed by atoms with van der Waals surface area (Å²) in [4.78, 5) is 11.8. The van der Waals surface area contributed by atoms with Crippen LogP contribution >= 0.6 is 0 Å². The normalized spacial score (nSPS) is 12.6. The fraction of sp³-hybridized carbons (Fsp3) is 0.385. The maximum Gasteiger partial charge on any atom is 0.241 e. The van der Waals surface area contributed by atoms with Gasteiger partial charge in [0.2, 0.25) is 5.91 Å². The van der Waals surface area contributed by atoms with Crippen LogP contribution in [0.25, 0.3) is 0 Å². The third-order valence-electron chi connectivity index (χ3n) is 2.50. The number of nitrogens with two attached hydrogens (primary N) is 1. The molecule has 4 heteroatoms. The summed E-state index contributed by atoms with van der Waals surface area (Å²) in [6, 6.07) is 8.12. The molecule has 0 heterocycles. The molecule has 90 valence electrons. The van der Waals surface area contributed by atoms with Gasteiger partial charge in [0.15, 0.2) is 0 Å². The molecule has 4 nitrogen and oxygen atoms in total. The number of carbonyl (C=O) groups excluding carboxylic acids is 1. The van der Waals surface area contributed by atoms with E-state index in [1.165, 1.54) is 0 Å². The van der Waals surface area contributed by atoms with E-state index in [4.69, 9.17) is 11.0 Å². The Labute approximate surface area is 101 Å². The molecular formula is C13H17N3O. The van der Waals surface area contributed by atoms with E-state index < -0.39 is 6.04 Å². The van der Waals surface area contributed by atoms with E-state index in [0.717, 1.165) is 0 Å². The Kier molecular flexibility index (Phi) is 3.87. The molecule has 0 fully saturated rings. The van der Waals surface area contributed by atoms with Crippen LogP contribution < -0.4 is 11.1 Å². The molecule has 1 rings (SSSR count). The first-order chi connectivity index (χ1) is 7.84. The average Bonchev–Trinajstić information content (AvgIpc) is 2.27. The summed E-state index contributed by atoms with van der Waals surface area (Å²) in [6.07, 6.45) is 0. The number of rotatable bonds is 2. The average molecular weight is 231 g/mol. The predicted molar refractivity (Wildman–Crippen MR) is 67.2 cm³/mol. The number of nitrogens with zero attached hydrogens (tertiary/aromatic N) is 1. The van der Waals surface area contributed by atoms with E-state index in [0.29, 0.717) is 11.3 Å². The molecule has 1 atom stereocenters. The van der Waals surface area contributed by atoms with Gasteiger partial charge in [0.1, 0.15) is 0 Å². The highest BCUT2D eigenvalue weighted by Crippen LogP contribution is 2.19. The Bertz CT molecular complexity index is 437.